The van der Waals surface area contributed by atoms with Crippen molar-refractivity contribution in [3.63, 3.8) is 0 Å². The van der Waals surface area contributed by atoms with Gasteiger partial charge in [0, 0.05) is 18.0 Å². The van der Waals surface area contributed by atoms with Gasteiger partial charge in [0.15, 0.2) is 0 Å². The van der Waals surface area contributed by atoms with Gasteiger partial charge in [0.05, 0.1) is 18.4 Å². The number of pyridine rings is 1. The molecule has 0 spiro atoms. The number of hydrogen-bond acceptors (Lipinski definition) is 2. The van der Waals surface area contributed by atoms with Crippen molar-refractivity contribution in [1.29, 1.82) is 0 Å². The second kappa shape index (κ2) is 7.10. The maximum Gasteiger partial charge on any atom is 0.222 e. The zero-order chi connectivity index (χ0) is 22.0. The predicted octanol–water partition coefficient (Wildman–Crippen LogP) is 5.99. The lowest BCUT2D eigenvalue weighted by Crippen LogP contribution is -2.54. The normalized spacial score (nSPS) is 36.3. The Kier molecular flexibility index (Phi) is 4.71. The molecule has 1 N–H and O–H groups in total. The van der Waals surface area contributed by atoms with Crippen LogP contribution >= 0.6 is 0 Å². The highest BCUT2D eigenvalue weighted by Crippen LogP contribution is 2.66. The third-order valence-electron chi connectivity index (χ3n) is 8.89. The fraction of sp³-hybridized carbons (Fsp3) is 0.538. The molecule has 162 valence electrons. The molecule has 2 saturated carbocycles. The lowest BCUT2D eigenvalue weighted by atomic mass is 9.50. The van der Waals surface area contributed by atoms with Crippen LogP contribution in [0.15, 0.2) is 30.6 Å². The average molecular weight is 423 g/mol. The van der Waals surface area contributed by atoms with Crippen molar-refractivity contribution >= 4 is 5.69 Å². The van der Waals surface area contributed by atoms with E-state index in [-0.39, 0.29) is 34.6 Å². The second-order valence-corrected chi connectivity index (χ2v) is 10.2. The number of fused-ring (bicyclic) bond motifs is 5. The number of nitrogens with zero attached hydrogens (tertiary/aromatic N) is 2. The molecule has 1 aromatic heterocycles. The van der Waals surface area contributed by atoms with Crippen LogP contribution in [0.2, 0.25) is 0 Å². The molecular formula is C26H28F2N2O. The van der Waals surface area contributed by atoms with E-state index in [0.717, 1.165) is 30.4 Å². The van der Waals surface area contributed by atoms with Crippen LogP contribution in [0.5, 0.6) is 0 Å². The Morgan fingerprint density at radius 1 is 1.26 bits per heavy atom. The first-order valence-electron chi connectivity index (χ1n) is 11.3. The van der Waals surface area contributed by atoms with Gasteiger partial charge in [0.2, 0.25) is 5.69 Å². The van der Waals surface area contributed by atoms with Crippen LogP contribution in [0.25, 0.3) is 4.85 Å². The van der Waals surface area contributed by atoms with E-state index in [1.807, 2.05) is 6.07 Å². The van der Waals surface area contributed by atoms with Gasteiger partial charge in [-0.15, -0.1) is 0 Å². The number of halogens is 2. The first-order valence-corrected chi connectivity index (χ1v) is 11.3. The van der Waals surface area contributed by atoms with E-state index in [4.69, 9.17) is 6.57 Å². The van der Waals surface area contributed by atoms with Gasteiger partial charge in [-0.25, -0.2) is 13.6 Å². The summed E-state index contributed by atoms with van der Waals surface area (Å²) in [4.78, 5) is 7.18. The molecule has 2 aromatic rings. The fourth-order valence-electron chi connectivity index (χ4n) is 7.50. The molecule has 3 unspecified atom stereocenters. The smallest absolute Gasteiger partial charge is 0.222 e. The second-order valence-electron chi connectivity index (χ2n) is 10.2. The monoisotopic (exact) mass is 422 g/mol. The zero-order valence-electron chi connectivity index (χ0n) is 18.0. The van der Waals surface area contributed by atoms with Crippen molar-refractivity contribution in [3.05, 3.63) is 70.3 Å². The summed E-state index contributed by atoms with van der Waals surface area (Å²) in [6.07, 6.45) is 7.01. The lowest BCUT2D eigenvalue weighted by molar-refractivity contribution is -0.115. The van der Waals surface area contributed by atoms with Crippen molar-refractivity contribution in [3.8, 4) is 0 Å². The van der Waals surface area contributed by atoms with Crippen LogP contribution < -0.4 is 0 Å². The molecule has 5 heteroatoms. The van der Waals surface area contributed by atoms with E-state index in [2.05, 4.69) is 23.7 Å². The molecule has 0 aliphatic heterocycles. The topological polar surface area (TPSA) is 37.5 Å². The van der Waals surface area contributed by atoms with Gasteiger partial charge < -0.3 is 5.11 Å². The summed E-state index contributed by atoms with van der Waals surface area (Å²) in [6, 6.07) is 5.27. The van der Waals surface area contributed by atoms with E-state index in [9.17, 15) is 13.9 Å². The maximum absolute atomic E-state index is 14.9. The van der Waals surface area contributed by atoms with Crippen LogP contribution in [0.3, 0.4) is 0 Å². The molecule has 0 radical (unpaired) electrons. The molecule has 3 aliphatic carbocycles. The molecular weight excluding hydrogens is 394 g/mol. The van der Waals surface area contributed by atoms with Gasteiger partial charge in [0.25, 0.3) is 0 Å². The first-order chi connectivity index (χ1) is 14.8. The van der Waals surface area contributed by atoms with Crippen LogP contribution in [0.1, 0.15) is 62.1 Å². The summed E-state index contributed by atoms with van der Waals surface area (Å²) >= 11 is 0. The third-order valence-corrected chi connectivity index (χ3v) is 8.89. The summed E-state index contributed by atoms with van der Waals surface area (Å²) in [5, 5.41) is 11.9. The van der Waals surface area contributed by atoms with E-state index < -0.39 is 5.60 Å². The highest BCUT2D eigenvalue weighted by Gasteiger charge is 2.63. The van der Waals surface area contributed by atoms with Gasteiger partial charge in [-0.1, -0.05) is 26.0 Å². The van der Waals surface area contributed by atoms with Crippen molar-refractivity contribution < 1.29 is 13.9 Å². The SMILES string of the molecule is [C-]#[N+]c1ccc2c(c1F)CCC1C2[C@@H](C)C[C@@]2(C)C1CC[C@@]2(O)Cc1ccncc1F. The van der Waals surface area contributed by atoms with Crippen molar-refractivity contribution in [1.82, 2.24) is 4.98 Å². The van der Waals surface area contributed by atoms with E-state index in [1.54, 1.807) is 18.3 Å². The van der Waals surface area contributed by atoms with Crippen LogP contribution in [0, 0.1) is 41.4 Å². The lowest BCUT2D eigenvalue weighted by Gasteiger charge is -2.56. The van der Waals surface area contributed by atoms with Crippen molar-refractivity contribution in [2.75, 3.05) is 0 Å². The molecule has 1 heterocycles. The molecule has 2 fully saturated rings. The number of rotatable bonds is 2. The molecule has 3 nitrogen and oxygen atoms in total. The molecule has 0 bridgehead atoms. The predicted molar refractivity (Wildman–Crippen MR) is 115 cm³/mol. The number of aliphatic hydroxyl groups is 1. The summed E-state index contributed by atoms with van der Waals surface area (Å²) in [5.74, 6) is 0.507. The Labute approximate surface area is 182 Å². The zero-order valence-corrected chi connectivity index (χ0v) is 18.0. The largest absolute Gasteiger partial charge is 0.389 e. The van der Waals surface area contributed by atoms with Crippen molar-refractivity contribution in [2.24, 2.45) is 23.2 Å². The quantitative estimate of drug-likeness (QED) is 0.604. The average Bonchev–Trinajstić information content (AvgIpc) is 3.00. The molecule has 6 atom stereocenters. The number of benzene rings is 1. The van der Waals surface area contributed by atoms with Crippen molar-refractivity contribution in [2.45, 2.75) is 63.9 Å². The molecule has 31 heavy (non-hydrogen) atoms. The van der Waals surface area contributed by atoms with Gasteiger partial charge in [-0.05, 0) is 78.5 Å². The first kappa shape index (κ1) is 20.6. The molecule has 1 aromatic carbocycles. The van der Waals surface area contributed by atoms with Gasteiger partial charge in [0.1, 0.15) is 11.6 Å². The summed E-state index contributed by atoms with van der Waals surface area (Å²) < 4.78 is 29.2. The van der Waals surface area contributed by atoms with Crippen LogP contribution in [0.4, 0.5) is 14.5 Å². The van der Waals surface area contributed by atoms with E-state index >= 15 is 0 Å². The van der Waals surface area contributed by atoms with Gasteiger partial charge in [-0.3, -0.25) is 4.98 Å². The molecule has 0 saturated heterocycles. The fourth-order valence-corrected chi connectivity index (χ4v) is 7.50. The summed E-state index contributed by atoms with van der Waals surface area (Å²) in [7, 11) is 0. The Morgan fingerprint density at radius 3 is 2.81 bits per heavy atom. The van der Waals surface area contributed by atoms with Gasteiger partial charge in [-0.2, -0.15) is 0 Å². The van der Waals surface area contributed by atoms with Crippen LogP contribution in [-0.4, -0.2) is 15.7 Å². The van der Waals surface area contributed by atoms with E-state index in [0.29, 0.717) is 36.7 Å². The van der Waals surface area contributed by atoms with E-state index in [1.165, 1.54) is 6.20 Å². The Hall–Kier alpha value is -2.32. The minimum absolute atomic E-state index is 0.111. The molecule has 5 rings (SSSR count). The maximum atomic E-state index is 14.9. The summed E-state index contributed by atoms with van der Waals surface area (Å²) in [5.41, 5.74) is 1.15. The van der Waals surface area contributed by atoms with Crippen LogP contribution in [-0.2, 0) is 12.8 Å². The minimum Gasteiger partial charge on any atom is -0.389 e. The summed E-state index contributed by atoms with van der Waals surface area (Å²) in [6.45, 7) is 11.6. The highest BCUT2D eigenvalue weighted by molar-refractivity contribution is 5.53. The standard InChI is InChI=1S/C26H28F2N2O/c1-15-12-25(2)20(8-10-26(25,31)13-16-9-11-30-14-21(16)27)19-5-4-18-17(23(15)19)6-7-22(29-3)24(18)28/h6-7,9,11,14-15,19-20,23,31H,4-5,8,10,12-13H2,1-2H3/t15-,19?,20?,23?,25-,26+/m0/s1. The number of hydrogen-bond donors (Lipinski definition) is 1. The minimum atomic E-state index is -0.960. The highest BCUT2D eigenvalue weighted by atomic mass is 19.1. The molecule has 3 aliphatic rings. The van der Waals surface area contributed by atoms with Gasteiger partial charge >= 0.3 is 0 Å². The molecule has 0 amide bonds. The number of aromatic nitrogens is 1. The Morgan fingerprint density at radius 2 is 2.06 bits per heavy atom. The third kappa shape index (κ3) is 2.88. The Bertz CT molecular complexity index is 1080. The Balaban J connectivity index is 1.51.